The van der Waals surface area contributed by atoms with Crippen LogP contribution in [0.4, 0.5) is 0 Å². The highest BCUT2D eigenvalue weighted by Gasteiger charge is 2.27. The zero-order chi connectivity index (χ0) is 20.6. The van der Waals surface area contributed by atoms with Crippen LogP contribution in [0.2, 0.25) is 0 Å². The van der Waals surface area contributed by atoms with Gasteiger partial charge in [-0.1, -0.05) is 6.07 Å². The van der Waals surface area contributed by atoms with Crippen molar-refractivity contribution in [2.75, 3.05) is 45.9 Å². The van der Waals surface area contributed by atoms with E-state index in [0.29, 0.717) is 18.1 Å². The molecular formula is C22H40IN5OS. The molecule has 0 spiro atoms. The molecule has 30 heavy (non-hydrogen) atoms. The molecule has 2 unspecified atom stereocenters. The van der Waals surface area contributed by atoms with Crippen LogP contribution in [-0.2, 0) is 4.74 Å². The lowest BCUT2D eigenvalue weighted by Gasteiger charge is -2.37. The fourth-order valence-corrected chi connectivity index (χ4v) is 5.10. The SMILES string of the molecule is CCNC(=NCC(c1cccs1)N1CCOC(C)C1)NC1CCN(C(C)C)CC1.I. The first-order valence-corrected chi connectivity index (χ1v) is 12.1. The molecule has 2 aliphatic rings. The highest BCUT2D eigenvalue weighted by molar-refractivity contribution is 14.0. The second-order valence-electron chi connectivity index (χ2n) is 8.48. The molecular weight excluding hydrogens is 509 g/mol. The summed E-state index contributed by atoms with van der Waals surface area (Å²) in [6.07, 6.45) is 2.64. The topological polar surface area (TPSA) is 52.1 Å². The summed E-state index contributed by atoms with van der Waals surface area (Å²) in [6, 6.07) is 5.85. The molecule has 8 heteroatoms. The molecule has 3 rings (SSSR count). The normalized spacial score (nSPS) is 23.2. The van der Waals surface area contributed by atoms with Gasteiger partial charge in [0.05, 0.1) is 25.3 Å². The van der Waals surface area contributed by atoms with E-state index < -0.39 is 0 Å². The average Bonchev–Trinajstić information content (AvgIpc) is 3.23. The molecule has 172 valence electrons. The Balaban J connectivity index is 0.00000320. The average molecular weight is 550 g/mol. The molecule has 3 heterocycles. The van der Waals surface area contributed by atoms with Gasteiger partial charge >= 0.3 is 0 Å². The van der Waals surface area contributed by atoms with E-state index in [2.05, 4.69) is 65.6 Å². The van der Waals surface area contributed by atoms with Gasteiger partial charge in [0, 0.05) is 49.7 Å². The number of nitrogens with zero attached hydrogens (tertiary/aromatic N) is 3. The van der Waals surface area contributed by atoms with Crippen LogP contribution in [-0.4, -0.2) is 79.8 Å². The molecule has 0 bridgehead atoms. The van der Waals surface area contributed by atoms with Gasteiger partial charge in [0.15, 0.2) is 5.96 Å². The zero-order valence-corrected chi connectivity index (χ0v) is 22.1. The Morgan fingerprint density at radius 3 is 2.63 bits per heavy atom. The maximum atomic E-state index is 5.76. The Hall–Kier alpha value is -0.420. The predicted octanol–water partition coefficient (Wildman–Crippen LogP) is 3.56. The summed E-state index contributed by atoms with van der Waals surface area (Å²) in [5.41, 5.74) is 0. The molecule has 2 saturated heterocycles. The van der Waals surface area contributed by atoms with E-state index in [1.54, 1.807) is 0 Å². The van der Waals surface area contributed by atoms with Gasteiger partial charge in [0.2, 0.25) is 0 Å². The van der Waals surface area contributed by atoms with Crippen molar-refractivity contribution in [3.63, 3.8) is 0 Å². The molecule has 1 aromatic rings. The molecule has 2 aliphatic heterocycles. The number of guanidine groups is 1. The number of morpholine rings is 1. The lowest BCUT2D eigenvalue weighted by molar-refractivity contribution is -0.0327. The first kappa shape index (κ1) is 25.8. The summed E-state index contributed by atoms with van der Waals surface area (Å²) in [6.45, 7) is 15.6. The minimum absolute atomic E-state index is 0. The smallest absolute Gasteiger partial charge is 0.191 e. The number of aliphatic imine (C=N–C) groups is 1. The number of thiophene rings is 1. The Morgan fingerprint density at radius 2 is 2.03 bits per heavy atom. The van der Waals surface area contributed by atoms with Gasteiger partial charge in [-0.15, -0.1) is 35.3 Å². The van der Waals surface area contributed by atoms with Crippen LogP contribution >= 0.6 is 35.3 Å². The number of ether oxygens (including phenoxy) is 1. The molecule has 6 nitrogen and oxygen atoms in total. The van der Waals surface area contributed by atoms with Gasteiger partial charge in [-0.05, 0) is 52.0 Å². The standard InChI is InChI=1S/C22H39N5OS.HI/c1-5-23-22(25-19-8-10-26(11-9-19)17(2)3)24-15-20(21-7-6-14-29-21)27-12-13-28-18(4)16-27;/h6-7,14,17-20H,5,8-13,15-16H2,1-4H3,(H2,23,24,25);1H. The van der Waals surface area contributed by atoms with E-state index in [4.69, 9.17) is 9.73 Å². The van der Waals surface area contributed by atoms with Crippen molar-refractivity contribution >= 4 is 41.3 Å². The number of nitrogens with one attached hydrogen (secondary N) is 2. The molecule has 1 aromatic heterocycles. The fourth-order valence-electron chi connectivity index (χ4n) is 4.25. The van der Waals surface area contributed by atoms with Gasteiger partial charge < -0.3 is 20.3 Å². The van der Waals surface area contributed by atoms with E-state index in [1.807, 2.05) is 11.3 Å². The van der Waals surface area contributed by atoms with Gasteiger partial charge in [-0.2, -0.15) is 0 Å². The minimum Gasteiger partial charge on any atom is -0.376 e. The van der Waals surface area contributed by atoms with Crippen LogP contribution < -0.4 is 10.6 Å². The molecule has 0 radical (unpaired) electrons. The number of hydrogen-bond donors (Lipinski definition) is 2. The van der Waals surface area contributed by atoms with Crippen LogP contribution in [0.5, 0.6) is 0 Å². The highest BCUT2D eigenvalue weighted by Crippen LogP contribution is 2.27. The largest absolute Gasteiger partial charge is 0.376 e. The van der Waals surface area contributed by atoms with Crippen LogP contribution in [0.1, 0.15) is 51.5 Å². The van der Waals surface area contributed by atoms with Gasteiger partial charge in [0.1, 0.15) is 0 Å². The Morgan fingerprint density at radius 1 is 1.27 bits per heavy atom. The summed E-state index contributed by atoms with van der Waals surface area (Å²) < 4.78 is 5.76. The van der Waals surface area contributed by atoms with E-state index >= 15 is 0 Å². The van der Waals surface area contributed by atoms with Crippen LogP contribution in [0.15, 0.2) is 22.5 Å². The van der Waals surface area contributed by atoms with Crippen molar-refractivity contribution in [2.45, 2.75) is 64.8 Å². The van der Waals surface area contributed by atoms with Gasteiger partial charge in [-0.25, -0.2) is 0 Å². The second-order valence-corrected chi connectivity index (χ2v) is 9.45. The third kappa shape index (κ3) is 7.62. The van der Waals surface area contributed by atoms with Crippen LogP contribution in [0.25, 0.3) is 0 Å². The Labute approximate surface area is 203 Å². The molecule has 0 amide bonds. The predicted molar refractivity (Wildman–Crippen MR) is 138 cm³/mol. The molecule has 0 aromatic carbocycles. The highest BCUT2D eigenvalue weighted by atomic mass is 127. The summed E-state index contributed by atoms with van der Waals surface area (Å²) in [7, 11) is 0. The number of piperidine rings is 1. The van der Waals surface area contributed by atoms with Crippen molar-refractivity contribution < 1.29 is 4.74 Å². The van der Waals surface area contributed by atoms with Crippen molar-refractivity contribution in [3.8, 4) is 0 Å². The molecule has 2 atom stereocenters. The van der Waals surface area contributed by atoms with Crippen molar-refractivity contribution in [1.29, 1.82) is 0 Å². The van der Waals surface area contributed by atoms with E-state index in [-0.39, 0.29) is 30.1 Å². The van der Waals surface area contributed by atoms with Crippen LogP contribution in [0, 0.1) is 0 Å². The first-order valence-electron chi connectivity index (χ1n) is 11.2. The molecule has 2 N–H and O–H groups in total. The van der Waals surface area contributed by atoms with E-state index in [0.717, 1.165) is 51.8 Å². The molecule has 0 aliphatic carbocycles. The number of hydrogen-bond acceptors (Lipinski definition) is 5. The minimum atomic E-state index is 0. The Bertz CT molecular complexity index is 619. The quantitative estimate of drug-likeness (QED) is 0.310. The number of halogens is 1. The zero-order valence-electron chi connectivity index (χ0n) is 19.0. The van der Waals surface area contributed by atoms with Crippen molar-refractivity contribution in [3.05, 3.63) is 22.4 Å². The fraction of sp³-hybridized carbons (Fsp3) is 0.773. The summed E-state index contributed by atoms with van der Waals surface area (Å²) in [5.74, 6) is 0.957. The number of likely N-dealkylation sites (tertiary alicyclic amines) is 1. The van der Waals surface area contributed by atoms with Gasteiger partial charge in [0.25, 0.3) is 0 Å². The summed E-state index contributed by atoms with van der Waals surface area (Å²) in [5, 5.41) is 9.33. The lowest BCUT2D eigenvalue weighted by Crippen LogP contribution is -2.50. The number of rotatable bonds is 7. The third-order valence-electron chi connectivity index (χ3n) is 5.95. The first-order chi connectivity index (χ1) is 14.1. The molecule has 0 saturated carbocycles. The van der Waals surface area contributed by atoms with E-state index in [1.165, 1.54) is 17.7 Å². The maximum Gasteiger partial charge on any atom is 0.191 e. The lowest BCUT2D eigenvalue weighted by atomic mass is 10.0. The monoisotopic (exact) mass is 549 g/mol. The Kier molecular flexibility index (Phi) is 11.4. The summed E-state index contributed by atoms with van der Waals surface area (Å²) >= 11 is 1.83. The third-order valence-corrected chi connectivity index (χ3v) is 6.93. The molecule has 2 fully saturated rings. The second kappa shape index (κ2) is 13.2. The summed E-state index contributed by atoms with van der Waals surface area (Å²) in [4.78, 5) is 11.5. The maximum absolute atomic E-state index is 5.76. The van der Waals surface area contributed by atoms with Crippen molar-refractivity contribution in [2.24, 2.45) is 4.99 Å². The van der Waals surface area contributed by atoms with E-state index in [9.17, 15) is 0 Å². The van der Waals surface area contributed by atoms with Crippen molar-refractivity contribution in [1.82, 2.24) is 20.4 Å². The van der Waals surface area contributed by atoms with Gasteiger partial charge in [-0.3, -0.25) is 9.89 Å². The van der Waals surface area contributed by atoms with Crippen LogP contribution in [0.3, 0.4) is 0 Å².